The van der Waals surface area contributed by atoms with E-state index in [9.17, 15) is 0 Å². The van der Waals surface area contributed by atoms with Gasteiger partial charge in [-0.15, -0.1) is 0 Å². The monoisotopic (exact) mass is 224 g/mol. The van der Waals surface area contributed by atoms with Crippen LogP contribution in [0.5, 0.6) is 0 Å². The van der Waals surface area contributed by atoms with Gasteiger partial charge in [0.05, 0.1) is 11.4 Å². The zero-order valence-corrected chi connectivity index (χ0v) is 10.2. The van der Waals surface area contributed by atoms with E-state index in [1.165, 1.54) is 11.1 Å². The van der Waals surface area contributed by atoms with E-state index in [1.807, 2.05) is 36.4 Å². The molecule has 0 saturated carbocycles. The number of hydrogen-bond donors (Lipinski definition) is 0. The van der Waals surface area contributed by atoms with Gasteiger partial charge in [0.15, 0.2) is 0 Å². The normalized spacial score (nSPS) is 10.9. The van der Waals surface area contributed by atoms with Crippen LogP contribution in [-0.2, 0) is 6.42 Å². The summed E-state index contributed by atoms with van der Waals surface area (Å²) in [6, 6.07) is 16.2. The van der Waals surface area contributed by atoms with Gasteiger partial charge in [-0.05, 0) is 43.2 Å². The van der Waals surface area contributed by atoms with Crippen LogP contribution >= 0.6 is 0 Å². The third-order valence-corrected chi connectivity index (χ3v) is 2.66. The first-order valence-electron chi connectivity index (χ1n) is 5.85. The van der Waals surface area contributed by atoms with E-state index in [0.717, 1.165) is 17.8 Å². The molecule has 2 aromatic rings. The van der Waals surface area contributed by atoms with Crippen LogP contribution in [0.1, 0.15) is 18.1 Å². The summed E-state index contributed by atoms with van der Waals surface area (Å²) in [5.41, 5.74) is 4.33. The summed E-state index contributed by atoms with van der Waals surface area (Å²) < 4.78 is 0. The first-order chi connectivity index (χ1) is 8.28. The largest absolute Gasteiger partial charge is 0.151 e. The van der Waals surface area contributed by atoms with E-state index in [0.29, 0.717) is 0 Å². The zero-order chi connectivity index (χ0) is 12.1. The molecule has 0 spiro atoms. The van der Waals surface area contributed by atoms with Crippen LogP contribution < -0.4 is 0 Å². The summed E-state index contributed by atoms with van der Waals surface area (Å²) in [5.74, 6) is 0. The maximum Gasteiger partial charge on any atom is 0.0857 e. The molecule has 0 atom stereocenters. The van der Waals surface area contributed by atoms with Crippen LogP contribution in [0.2, 0.25) is 0 Å². The Morgan fingerprint density at radius 2 is 1.24 bits per heavy atom. The first kappa shape index (κ1) is 11.5. The molecule has 17 heavy (non-hydrogen) atoms. The Morgan fingerprint density at radius 1 is 0.765 bits per heavy atom. The van der Waals surface area contributed by atoms with Gasteiger partial charge in [0, 0.05) is 0 Å². The van der Waals surface area contributed by atoms with Gasteiger partial charge in [0.1, 0.15) is 0 Å². The fourth-order valence-electron chi connectivity index (χ4n) is 1.53. The van der Waals surface area contributed by atoms with Gasteiger partial charge in [0.25, 0.3) is 0 Å². The van der Waals surface area contributed by atoms with E-state index in [2.05, 4.69) is 36.2 Å². The molecule has 0 N–H and O–H groups in total. The van der Waals surface area contributed by atoms with Gasteiger partial charge in [-0.1, -0.05) is 36.8 Å². The Hall–Kier alpha value is -1.96. The van der Waals surface area contributed by atoms with Gasteiger partial charge in [-0.3, -0.25) is 0 Å². The molecule has 0 aromatic heterocycles. The fraction of sp³-hybridized carbons (Fsp3) is 0.200. The summed E-state index contributed by atoms with van der Waals surface area (Å²) in [5, 5.41) is 8.40. The van der Waals surface area contributed by atoms with Gasteiger partial charge in [-0.25, -0.2) is 0 Å². The van der Waals surface area contributed by atoms with Crippen molar-refractivity contribution in [1.29, 1.82) is 0 Å². The minimum Gasteiger partial charge on any atom is -0.151 e. The fourth-order valence-corrected chi connectivity index (χ4v) is 1.53. The van der Waals surface area contributed by atoms with Crippen LogP contribution in [0.4, 0.5) is 11.4 Å². The summed E-state index contributed by atoms with van der Waals surface area (Å²) in [4.78, 5) is 0. The highest BCUT2D eigenvalue weighted by molar-refractivity contribution is 5.41. The second-order valence-electron chi connectivity index (χ2n) is 4.06. The molecule has 0 bridgehead atoms. The van der Waals surface area contributed by atoms with Gasteiger partial charge < -0.3 is 0 Å². The lowest BCUT2D eigenvalue weighted by Gasteiger charge is -1.97. The van der Waals surface area contributed by atoms with Crippen LogP contribution in [0, 0.1) is 6.92 Å². The second-order valence-corrected chi connectivity index (χ2v) is 4.06. The molecule has 0 aliphatic heterocycles. The molecule has 86 valence electrons. The maximum atomic E-state index is 4.21. The molecule has 2 rings (SSSR count). The summed E-state index contributed by atoms with van der Waals surface area (Å²) >= 11 is 0. The minimum absolute atomic E-state index is 0.884. The van der Waals surface area contributed by atoms with Crippen molar-refractivity contribution in [2.24, 2.45) is 10.2 Å². The molecule has 2 heteroatoms. The molecule has 0 saturated heterocycles. The lowest BCUT2D eigenvalue weighted by Crippen LogP contribution is -1.76. The van der Waals surface area contributed by atoms with Crippen LogP contribution in [0.3, 0.4) is 0 Å². The molecule has 0 amide bonds. The summed E-state index contributed by atoms with van der Waals surface area (Å²) in [7, 11) is 0. The SMILES string of the molecule is CCc1ccc(N=Nc2ccc(C)cc2)cc1. The van der Waals surface area contributed by atoms with Crippen molar-refractivity contribution in [3.63, 3.8) is 0 Å². The number of nitrogens with zero attached hydrogens (tertiary/aromatic N) is 2. The molecule has 0 radical (unpaired) electrons. The number of azo groups is 1. The van der Waals surface area contributed by atoms with E-state index in [1.54, 1.807) is 0 Å². The van der Waals surface area contributed by atoms with Crippen molar-refractivity contribution < 1.29 is 0 Å². The van der Waals surface area contributed by atoms with Gasteiger partial charge in [-0.2, -0.15) is 10.2 Å². The van der Waals surface area contributed by atoms with Gasteiger partial charge in [0.2, 0.25) is 0 Å². The number of aryl methyl sites for hydroxylation is 2. The highest BCUT2D eigenvalue weighted by atomic mass is 15.1. The van der Waals surface area contributed by atoms with Crippen LogP contribution in [0.25, 0.3) is 0 Å². The molecule has 0 heterocycles. The zero-order valence-electron chi connectivity index (χ0n) is 10.2. The number of rotatable bonds is 3. The molecule has 0 unspecified atom stereocenters. The molecular formula is C15H16N2. The van der Waals surface area contributed by atoms with E-state index in [4.69, 9.17) is 0 Å². The Kier molecular flexibility index (Phi) is 3.66. The summed E-state index contributed by atoms with van der Waals surface area (Å²) in [6.07, 6.45) is 1.05. The van der Waals surface area contributed by atoms with Crippen molar-refractivity contribution in [2.45, 2.75) is 20.3 Å². The topological polar surface area (TPSA) is 24.7 Å². The van der Waals surface area contributed by atoms with Crippen molar-refractivity contribution >= 4 is 11.4 Å². The minimum atomic E-state index is 0.884. The molecule has 2 nitrogen and oxygen atoms in total. The Balaban J connectivity index is 2.11. The van der Waals surface area contributed by atoms with E-state index < -0.39 is 0 Å². The third-order valence-electron chi connectivity index (χ3n) is 2.66. The molecular weight excluding hydrogens is 208 g/mol. The third kappa shape index (κ3) is 3.25. The first-order valence-corrected chi connectivity index (χ1v) is 5.85. The Bertz CT molecular complexity index is 495. The quantitative estimate of drug-likeness (QED) is 0.657. The maximum absolute atomic E-state index is 4.21. The Labute approximate surface area is 102 Å². The average Bonchev–Trinajstić information content (AvgIpc) is 2.39. The second kappa shape index (κ2) is 5.39. The highest BCUT2D eigenvalue weighted by Crippen LogP contribution is 2.19. The molecule has 0 aliphatic carbocycles. The lowest BCUT2D eigenvalue weighted by molar-refractivity contribution is 1.13. The van der Waals surface area contributed by atoms with E-state index >= 15 is 0 Å². The van der Waals surface area contributed by atoms with E-state index in [-0.39, 0.29) is 0 Å². The van der Waals surface area contributed by atoms with Crippen LogP contribution in [0.15, 0.2) is 58.8 Å². The Morgan fingerprint density at radius 3 is 1.71 bits per heavy atom. The van der Waals surface area contributed by atoms with Crippen LogP contribution in [-0.4, -0.2) is 0 Å². The summed E-state index contributed by atoms with van der Waals surface area (Å²) in [6.45, 7) is 4.20. The lowest BCUT2D eigenvalue weighted by atomic mass is 10.2. The predicted molar refractivity (Wildman–Crippen MR) is 71.2 cm³/mol. The number of hydrogen-bond acceptors (Lipinski definition) is 2. The average molecular weight is 224 g/mol. The molecule has 2 aromatic carbocycles. The van der Waals surface area contributed by atoms with Crippen molar-refractivity contribution in [2.75, 3.05) is 0 Å². The standard InChI is InChI=1S/C15H16N2/c1-3-13-6-10-15(11-7-13)17-16-14-8-4-12(2)5-9-14/h4-11H,3H2,1-2H3. The molecule has 0 fully saturated rings. The smallest absolute Gasteiger partial charge is 0.0857 e. The molecule has 0 aliphatic rings. The van der Waals surface area contributed by atoms with Crippen molar-refractivity contribution in [3.05, 3.63) is 59.7 Å². The highest BCUT2D eigenvalue weighted by Gasteiger charge is 1.92. The van der Waals surface area contributed by atoms with Gasteiger partial charge >= 0.3 is 0 Å². The predicted octanol–water partition coefficient (Wildman–Crippen LogP) is 4.97. The van der Waals surface area contributed by atoms with Crippen molar-refractivity contribution in [3.8, 4) is 0 Å². The van der Waals surface area contributed by atoms with Crippen molar-refractivity contribution in [1.82, 2.24) is 0 Å². The number of benzene rings is 2.